The van der Waals surface area contributed by atoms with Gasteiger partial charge in [0.25, 0.3) is 0 Å². The molecule has 8 nitrogen and oxygen atoms in total. The van der Waals surface area contributed by atoms with E-state index in [1.54, 1.807) is 30.5 Å². The molecule has 1 fully saturated rings. The number of amides is 3. The molecule has 29 heavy (non-hydrogen) atoms. The van der Waals surface area contributed by atoms with Gasteiger partial charge in [0.05, 0.1) is 25.7 Å². The smallest absolute Gasteiger partial charge is 0.312 e. The average molecular weight is 418 g/mol. The minimum absolute atomic E-state index is 0.0615. The first-order valence-corrected chi connectivity index (χ1v) is 9.75. The highest BCUT2D eigenvalue weighted by Crippen LogP contribution is 2.20. The minimum Gasteiger partial charge on any atom is -0.378 e. The van der Waals surface area contributed by atoms with Crippen LogP contribution in [0.15, 0.2) is 42.6 Å². The summed E-state index contributed by atoms with van der Waals surface area (Å²) in [7, 11) is 0. The molecule has 1 unspecified atom stereocenters. The lowest BCUT2D eigenvalue weighted by Gasteiger charge is -2.28. The van der Waals surface area contributed by atoms with Crippen LogP contribution in [0.5, 0.6) is 0 Å². The lowest BCUT2D eigenvalue weighted by molar-refractivity contribution is -0.121. The second-order valence-electron chi connectivity index (χ2n) is 6.72. The van der Waals surface area contributed by atoms with Crippen molar-refractivity contribution in [2.24, 2.45) is 5.73 Å². The van der Waals surface area contributed by atoms with Gasteiger partial charge in [-0.2, -0.15) is 0 Å². The Balaban J connectivity index is 1.58. The number of rotatable bonds is 7. The van der Waals surface area contributed by atoms with Crippen LogP contribution in [-0.2, 0) is 16.1 Å². The zero-order valence-electron chi connectivity index (χ0n) is 15.9. The molecule has 0 spiro atoms. The molecule has 0 bridgehead atoms. The number of anilines is 1. The van der Waals surface area contributed by atoms with Crippen molar-refractivity contribution in [3.63, 3.8) is 0 Å². The van der Waals surface area contributed by atoms with Crippen LogP contribution >= 0.6 is 11.6 Å². The molecule has 0 aliphatic carbocycles. The Morgan fingerprint density at radius 3 is 2.62 bits per heavy atom. The van der Waals surface area contributed by atoms with E-state index in [4.69, 9.17) is 22.1 Å². The predicted molar refractivity (Wildman–Crippen MR) is 111 cm³/mol. The van der Waals surface area contributed by atoms with Crippen LogP contribution < -0.4 is 21.3 Å². The van der Waals surface area contributed by atoms with Crippen LogP contribution in [0, 0.1) is 0 Å². The second-order valence-corrected chi connectivity index (χ2v) is 7.15. The van der Waals surface area contributed by atoms with E-state index in [1.807, 2.05) is 12.1 Å². The summed E-state index contributed by atoms with van der Waals surface area (Å²) in [6.07, 6.45) is 1.80. The quantitative estimate of drug-likeness (QED) is 0.638. The Bertz CT molecular complexity index is 840. The summed E-state index contributed by atoms with van der Waals surface area (Å²) < 4.78 is 5.37. The highest BCUT2D eigenvalue weighted by atomic mass is 35.5. The molecule has 1 atom stereocenters. The van der Waals surface area contributed by atoms with Gasteiger partial charge in [-0.3, -0.25) is 4.79 Å². The molecule has 1 aromatic carbocycles. The van der Waals surface area contributed by atoms with Gasteiger partial charge >= 0.3 is 6.03 Å². The summed E-state index contributed by atoms with van der Waals surface area (Å²) >= 11 is 5.91. The number of ether oxygens (including phenoxy) is 1. The van der Waals surface area contributed by atoms with E-state index < -0.39 is 12.1 Å². The highest BCUT2D eigenvalue weighted by molar-refractivity contribution is 6.30. The monoisotopic (exact) mass is 417 g/mol. The van der Waals surface area contributed by atoms with Crippen LogP contribution in [0.3, 0.4) is 0 Å². The number of nitrogens with two attached hydrogens (primary N) is 1. The Morgan fingerprint density at radius 1 is 1.21 bits per heavy atom. The topological polar surface area (TPSA) is 110 Å². The SMILES string of the molecule is NC(=O)NC(CC(=O)NCc1ccnc(N2CCOCC2)c1)c1ccc(Cl)cc1. The maximum absolute atomic E-state index is 12.5. The number of primary amides is 1. The van der Waals surface area contributed by atoms with Crippen molar-refractivity contribution in [3.05, 3.63) is 58.7 Å². The molecule has 9 heteroatoms. The number of halogens is 1. The van der Waals surface area contributed by atoms with Gasteiger partial charge in [0, 0.05) is 30.9 Å². The molecule has 1 aliphatic heterocycles. The van der Waals surface area contributed by atoms with Crippen LogP contribution in [0.1, 0.15) is 23.6 Å². The number of morpholine rings is 1. The van der Waals surface area contributed by atoms with Crippen LogP contribution in [0.25, 0.3) is 0 Å². The average Bonchev–Trinajstić information content (AvgIpc) is 2.73. The van der Waals surface area contributed by atoms with Crippen molar-refractivity contribution in [2.75, 3.05) is 31.2 Å². The van der Waals surface area contributed by atoms with Gasteiger partial charge in [-0.15, -0.1) is 0 Å². The number of aromatic nitrogens is 1. The second kappa shape index (κ2) is 10.1. The largest absolute Gasteiger partial charge is 0.378 e. The minimum atomic E-state index is -0.693. The lowest BCUT2D eigenvalue weighted by Crippen LogP contribution is -2.37. The fourth-order valence-electron chi connectivity index (χ4n) is 3.11. The van der Waals surface area contributed by atoms with E-state index in [0.29, 0.717) is 24.8 Å². The molecular formula is C20H24ClN5O3. The number of carbonyl (C=O) groups excluding carboxylic acids is 2. The van der Waals surface area contributed by atoms with Gasteiger partial charge in [-0.25, -0.2) is 9.78 Å². The van der Waals surface area contributed by atoms with Gasteiger partial charge in [0.1, 0.15) is 5.82 Å². The van der Waals surface area contributed by atoms with Gasteiger partial charge in [-0.1, -0.05) is 23.7 Å². The van der Waals surface area contributed by atoms with Crippen LogP contribution in [0.2, 0.25) is 5.02 Å². The maximum atomic E-state index is 12.5. The number of nitrogens with one attached hydrogen (secondary N) is 2. The van der Waals surface area contributed by atoms with Crippen LogP contribution in [-0.4, -0.2) is 43.2 Å². The fourth-order valence-corrected chi connectivity index (χ4v) is 3.24. The summed E-state index contributed by atoms with van der Waals surface area (Å²) in [6.45, 7) is 3.32. The van der Waals surface area contributed by atoms with E-state index in [-0.39, 0.29) is 12.3 Å². The Hall–Kier alpha value is -2.84. The summed E-state index contributed by atoms with van der Waals surface area (Å²) in [4.78, 5) is 30.4. The predicted octanol–water partition coefficient (Wildman–Crippen LogP) is 1.99. The zero-order chi connectivity index (χ0) is 20.6. The maximum Gasteiger partial charge on any atom is 0.312 e. The highest BCUT2D eigenvalue weighted by Gasteiger charge is 2.18. The molecule has 1 aromatic heterocycles. The van der Waals surface area contributed by atoms with Crippen molar-refractivity contribution in [3.8, 4) is 0 Å². The van der Waals surface area contributed by atoms with Crippen molar-refractivity contribution < 1.29 is 14.3 Å². The summed E-state index contributed by atoms with van der Waals surface area (Å²) in [5.41, 5.74) is 6.96. The molecule has 4 N–H and O–H groups in total. The fraction of sp³-hybridized carbons (Fsp3) is 0.350. The molecule has 154 valence electrons. The molecule has 2 aromatic rings. The van der Waals surface area contributed by atoms with Gasteiger partial charge in [0.15, 0.2) is 0 Å². The molecule has 3 rings (SSSR count). The third-order valence-electron chi connectivity index (χ3n) is 4.61. The summed E-state index contributed by atoms with van der Waals surface area (Å²) in [5.74, 6) is 0.665. The van der Waals surface area contributed by atoms with E-state index in [2.05, 4.69) is 20.5 Å². The van der Waals surface area contributed by atoms with E-state index in [9.17, 15) is 9.59 Å². The van der Waals surface area contributed by atoms with Crippen molar-refractivity contribution >= 4 is 29.4 Å². The molecule has 3 amide bonds. The number of nitrogens with zero attached hydrogens (tertiary/aromatic N) is 2. The third kappa shape index (κ3) is 6.33. The molecule has 2 heterocycles. The third-order valence-corrected chi connectivity index (χ3v) is 4.87. The first-order valence-electron chi connectivity index (χ1n) is 9.37. The Morgan fingerprint density at radius 2 is 1.93 bits per heavy atom. The van der Waals surface area contributed by atoms with Crippen molar-refractivity contribution in [2.45, 2.75) is 19.0 Å². The van der Waals surface area contributed by atoms with Crippen LogP contribution in [0.4, 0.5) is 10.6 Å². The summed E-state index contributed by atoms with van der Waals surface area (Å²) in [6, 6.07) is 9.52. The number of carbonyl (C=O) groups is 2. The van der Waals surface area contributed by atoms with Gasteiger partial charge in [0.2, 0.25) is 5.91 Å². The number of hydrogen-bond donors (Lipinski definition) is 3. The van der Waals surface area contributed by atoms with Crippen molar-refractivity contribution in [1.29, 1.82) is 0 Å². The Labute approximate surface area is 174 Å². The van der Waals surface area contributed by atoms with E-state index >= 15 is 0 Å². The van der Waals surface area contributed by atoms with E-state index in [0.717, 1.165) is 30.0 Å². The summed E-state index contributed by atoms with van der Waals surface area (Å²) in [5, 5.41) is 6.06. The molecule has 0 saturated carbocycles. The first kappa shape index (κ1) is 20.9. The Kier molecular flexibility index (Phi) is 7.26. The van der Waals surface area contributed by atoms with Gasteiger partial charge in [-0.05, 0) is 35.4 Å². The number of pyridine rings is 1. The molecule has 1 aliphatic rings. The normalized spacial score (nSPS) is 14.9. The van der Waals surface area contributed by atoms with Crippen molar-refractivity contribution in [1.82, 2.24) is 15.6 Å². The standard InChI is InChI=1S/C20H24ClN5O3/c21-16-3-1-15(2-4-16)17(25-20(22)28)12-19(27)24-13-14-5-6-23-18(11-14)26-7-9-29-10-8-26/h1-6,11,17H,7-10,12-13H2,(H,24,27)(H3,22,25,28). The molecular weight excluding hydrogens is 394 g/mol. The number of urea groups is 1. The lowest BCUT2D eigenvalue weighted by atomic mass is 10.0. The van der Waals surface area contributed by atoms with E-state index in [1.165, 1.54) is 0 Å². The number of hydrogen-bond acceptors (Lipinski definition) is 5. The molecule has 0 radical (unpaired) electrons. The molecule has 1 saturated heterocycles. The number of benzene rings is 1. The van der Waals surface area contributed by atoms with Gasteiger partial charge < -0.3 is 26.0 Å². The first-order chi connectivity index (χ1) is 14.0. The zero-order valence-corrected chi connectivity index (χ0v) is 16.7.